The zero-order valence-corrected chi connectivity index (χ0v) is 6.23. The fourth-order valence-electron chi connectivity index (χ4n) is 0.783. The van der Waals surface area contributed by atoms with Gasteiger partial charge in [0.15, 0.2) is 0 Å². The molecule has 0 spiro atoms. The minimum Gasteiger partial charge on any atom is -0.261 e. The van der Waals surface area contributed by atoms with Crippen LogP contribution in [-0.4, -0.2) is 4.98 Å². The van der Waals surface area contributed by atoms with Crippen molar-refractivity contribution in [2.75, 3.05) is 0 Å². The molecule has 1 rings (SSSR count). The summed E-state index contributed by atoms with van der Waals surface area (Å²) in [6.45, 7) is 2.28. The summed E-state index contributed by atoms with van der Waals surface area (Å²) >= 11 is 0. The molecule has 0 aromatic carbocycles. The molecule has 0 aliphatic rings. The van der Waals surface area contributed by atoms with Gasteiger partial charge in [-0.15, -0.1) is 0 Å². The normalized spacial score (nSPS) is 8.82. The van der Waals surface area contributed by atoms with Crippen molar-refractivity contribution in [3.05, 3.63) is 40.0 Å². The Morgan fingerprint density at radius 3 is 3.18 bits per heavy atom. The van der Waals surface area contributed by atoms with Gasteiger partial charge in [-0.1, -0.05) is 11.2 Å². The van der Waals surface area contributed by atoms with Crippen LogP contribution < -0.4 is 0 Å². The molecule has 1 aromatic heterocycles. The van der Waals surface area contributed by atoms with E-state index in [4.69, 9.17) is 5.53 Å². The van der Waals surface area contributed by atoms with E-state index in [2.05, 4.69) is 15.0 Å². The van der Waals surface area contributed by atoms with Crippen LogP contribution in [0, 0.1) is 6.92 Å². The Kier molecular flexibility index (Phi) is 2.47. The van der Waals surface area contributed by atoms with E-state index in [1.807, 2.05) is 19.1 Å². The fraction of sp³-hybridized carbons (Fsp3) is 0.286. The number of aromatic nitrogens is 1. The van der Waals surface area contributed by atoms with Crippen molar-refractivity contribution >= 4 is 0 Å². The van der Waals surface area contributed by atoms with Gasteiger partial charge in [-0.25, -0.2) is 0 Å². The van der Waals surface area contributed by atoms with Crippen LogP contribution in [-0.2, 0) is 6.54 Å². The number of rotatable bonds is 2. The lowest BCUT2D eigenvalue weighted by Crippen LogP contribution is -1.89. The van der Waals surface area contributed by atoms with Crippen molar-refractivity contribution in [2.24, 2.45) is 5.11 Å². The van der Waals surface area contributed by atoms with Crippen LogP contribution in [0.2, 0.25) is 0 Å². The summed E-state index contributed by atoms with van der Waals surface area (Å²) < 4.78 is 0. The molecule has 0 amide bonds. The highest BCUT2D eigenvalue weighted by molar-refractivity contribution is 5.17. The van der Waals surface area contributed by atoms with E-state index < -0.39 is 0 Å². The second-order valence-corrected chi connectivity index (χ2v) is 2.16. The Labute approximate surface area is 64.5 Å². The molecule has 0 aliphatic heterocycles. The first-order valence-corrected chi connectivity index (χ1v) is 3.26. The van der Waals surface area contributed by atoms with E-state index in [0.717, 1.165) is 11.3 Å². The number of aryl methyl sites for hydroxylation is 1. The Bertz CT molecular complexity index is 288. The third-order valence-corrected chi connectivity index (χ3v) is 1.40. The molecule has 0 fully saturated rings. The highest BCUT2D eigenvalue weighted by Gasteiger charge is 1.94. The molecular formula is C7H8N4. The first-order valence-electron chi connectivity index (χ1n) is 3.26. The predicted molar refractivity (Wildman–Crippen MR) is 41.8 cm³/mol. The lowest BCUT2D eigenvalue weighted by atomic mass is 10.2. The van der Waals surface area contributed by atoms with Gasteiger partial charge in [0.25, 0.3) is 0 Å². The Balaban J connectivity index is 2.85. The Hall–Kier alpha value is -1.54. The first kappa shape index (κ1) is 7.57. The second kappa shape index (κ2) is 3.58. The Morgan fingerprint density at radius 2 is 2.55 bits per heavy atom. The quantitative estimate of drug-likeness (QED) is 0.360. The van der Waals surface area contributed by atoms with Gasteiger partial charge in [0.2, 0.25) is 0 Å². The molecule has 1 aromatic rings. The number of azide groups is 1. The largest absolute Gasteiger partial charge is 0.261 e. The van der Waals surface area contributed by atoms with E-state index in [1.54, 1.807) is 6.20 Å². The molecule has 4 heteroatoms. The van der Waals surface area contributed by atoms with Crippen LogP contribution in [0.1, 0.15) is 11.3 Å². The average Bonchev–Trinajstić information content (AvgIpc) is 2.03. The molecular weight excluding hydrogens is 140 g/mol. The average molecular weight is 148 g/mol. The minimum absolute atomic E-state index is 0.336. The van der Waals surface area contributed by atoms with E-state index >= 15 is 0 Å². The van der Waals surface area contributed by atoms with Gasteiger partial charge >= 0.3 is 0 Å². The van der Waals surface area contributed by atoms with Crippen molar-refractivity contribution < 1.29 is 0 Å². The summed E-state index contributed by atoms with van der Waals surface area (Å²) in [5.74, 6) is 0. The smallest absolute Gasteiger partial charge is 0.0686 e. The summed E-state index contributed by atoms with van der Waals surface area (Å²) in [7, 11) is 0. The van der Waals surface area contributed by atoms with Gasteiger partial charge in [0.1, 0.15) is 0 Å². The first-order chi connectivity index (χ1) is 5.34. The monoisotopic (exact) mass is 148 g/mol. The van der Waals surface area contributed by atoms with E-state index in [0.29, 0.717) is 6.54 Å². The summed E-state index contributed by atoms with van der Waals surface area (Å²) in [5, 5.41) is 3.42. The van der Waals surface area contributed by atoms with Crippen LogP contribution in [0.4, 0.5) is 0 Å². The third kappa shape index (κ3) is 1.95. The standard InChI is InChI=1S/C7H8N4/c1-6-3-2-4-9-7(6)5-10-11-8/h2-4H,5H2,1H3. The molecule has 1 heterocycles. The van der Waals surface area contributed by atoms with Crippen molar-refractivity contribution in [1.82, 2.24) is 4.98 Å². The Morgan fingerprint density at radius 1 is 1.73 bits per heavy atom. The van der Waals surface area contributed by atoms with Crippen molar-refractivity contribution in [2.45, 2.75) is 13.5 Å². The molecule has 0 N–H and O–H groups in total. The van der Waals surface area contributed by atoms with Gasteiger partial charge in [0.05, 0.1) is 6.54 Å². The van der Waals surface area contributed by atoms with Crippen molar-refractivity contribution in [3.63, 3.8) is 0 Å². The molecule has 0 saturated carbocycles. The molecule has 0 unspecified atom stereocenters. The molecule has 4 nitrogen and oxygen atoms in total. The highest BCUT2D eigenvalue weighted by Crippen LogP contribution is 2.03. The van der Waals surface area contributed by atoms with Gasteiger partial charge in [-0.3, -0.25) is 4.98 Å². The maximum Gasteiger partial charge on any atom is 0.0686 e. The van der Waals surface area contributed by atoms with Crippen LogP contribution in [0.15, 0.2) is 23.4 Å². The SMILES string of the molecule is Cc1cccnc1CN=[N+]=[N-]. The summed E-state index contributed by atoms with van der Waals surface area (Å²) in [6, 6.07) is 3.80. The summed E-state index contributed by atoms with van der Waals surface area (Å²) in [4.78, 5) is 6.71. The van der Waals surface area contributed by atoms with E-state index in [1.165, 1.54) is 0 Å². The van der Waals surface area contributed by atoms with Crippen molar-refractivity contribution in [3.8, 4) is 0 Å². The number of hydrogen-bond acceptors (Lipinski definition) is 2. The van der Waals surface area contributed by atoms with Gasteiger partial charge in [0, 0.05) is 16.8 Å². The van der Waals surface area contributed by atoms with Gasteiger partial charge in [-0.05, 0) is 24.1 Å². The molecule has 56 valence electrons. The fourth-order valence-corrected chi connectivity index (χ4v) is 0.783. The van der Waals surface area contributed by atoms with Gasteiger partial charge < -0.3 is 0 Å². The molecule has 0 atom stereocenters. The number of pyridine rings is 1. The highest BCUT2D eigenvalue weighted by atomic mass is 15.1. The van der Waals surface area contributed by atoms with Crippen LogP contribution in [0.25, 0.3) is 10.4 Å². The topological polar surface area (TPSA) is 61.7 Å². The van der Waals surface area contributed by atoms with E-state index in [9.17, 15) is 0 Å². The molecule has 0 saturated heterocycles. The molecule has 0 aliphatic carbocycles. The van der Waals surface area contributed by atoms with Gasteiger partial charge in [-0.2, -0.15) is 0 Å². The predicted octanol–water partition coefficient (Wildman–Crippen LogP) is 2.20. The molecule has 0 radical (unpaired) electrons. The van der Waals surface area contributed by atoms with Crippen LogP contribution in [0.5, 0.6) is 0 Å². The number of nitrogens with zero attached hydrogens (tertiary/aromatic N) is 4. The molecule has 11 heavy (non-hydrogen) atoms. The van der Waals surface area contributed by atoms with Crippen molar-refractivity contribution in [1.29, 1.82) is 0 Å². The second-order valence-electron chi connectivity index (χ2n) is 2.16. The lowest BCUT2D eigenvalue weighted by Gasteiger charge is -1.97. The third-order valence-electron chi connectivity index (χ3n) is 1.40. The van der Waals surface area contributed by atoms with Crippen LogP contribution >= 0.6 is 0 Å². The summed E-state index contributed by atoms with van der Waals surface area (Å²) in [5.41, 5.74) is 9.94. The zero-order chi connectivity index (χ0) is 8.10. The maximum absolute atomic E-state index is 8.05. The zero-order valence-electron chi connectivity index (χ0n) is 6.23. The maximum atomic E-state index is 8.05. The molecule has 0 bridgehead atoms. The summed E-state index contributed by atoms with van der Waals surface area (Å²) in [6.07, 6.45) is 1.69. The van der Waals surface area contributed by atoms with E-state index in [-0.39, 0.29) is 0 Å². The minimum atomic E-state index is 0.336. The van der Waals surface area contributed by atoms with Crippen LogP contribution in [0.3, 0.4) is 0 Å². The number of hydrogen-bond donors (Lipinski definition) is 0. The lowest BCUT2D eigenvalue weighted by molar-refractivity contribution is 0.956.